The number of thiophene rings is 1. The molecular formula is C28H42N2S. The minimum atomic E-state index is 0.862. The minimum absolute atomic E-state index is 0.862. The van der Waals surface area contributed by atoms with Gasteiger partial charge in [0, 0.05) is 21.1 Å². The Balaban J connectivity index is 0.000000235. The third-order valence-electron chi connectivity index (χ3n) is 7.04. The minimum Gasteiger partial charge on any atom is -0.238 e. The van der Waals surface area contributed by atoms with Crippen molar-refractivity contribution in [3.63, 3.8) is 0 Å². The molecule has 0 atom stereocenters. The highest BCUT2D eigenvalue weighted by Crippen LogP contribution is 2.25. The van der Waals surface area contributed by atoms with Crippen molar-refractivity contribution in [1.29, 1.82) is 0 Å². The van der Waals surface area contributed by atoms with Crippen molar-refractivity contribution in [3.8, 4) is 0 Å². The SMILES string of the molecule is Cc1c(C)c(C)c(C)c(C)c1C.Cc1nc(C)c(C)c(C)n1.Cc1sc(C)c(C)c1C. The highest BCUT2D eigenvalue weighted by molar-refractivity contribution is 7.12. The van der Waals surface area contributed by atoms with Gasteiger partial charge in [0.05, 0.1) is 0 Å². The van der Waals surface area contributed by atoms with Crippen LogP contribution >= 0.6 is 11.3 Å². The number of aryl methyl sites for hydroxylation is 5. The number of nitrogens with zero attached hydrogens (tertiary/aromatic N) is 2. The summed E-state index contributed by atoms with van der Waals surface area (Å²) in [6, 6.07) is 0. The lowest BCUT2D eigenvalue weighted by Gasteiger charge is -2.15. The third kappa shape index (κ3) is 6.49. The van der Waals surface area contributed by atoms with Gasteiger partial charge in [-0.05, 0) is 147 Å². The van der Waals surface area contributed by atoms with Gasteiger partial charge in [0.2, 0.25) is 0 Å². The molecule has 3 aromatic rings. The maximum absolute atomic E-state index is 4.22. The molecule has 0 spiro atoms. The van der Waals surface area contributed by atoms with Crippen LogP contribution in [0.25, 0.3) is 0 Å². The average molecular weight is 439 g/mol. The van der Waals surface area contributed by atoms with Gasteiger partial charge in [0.15, 0.2) is 0 Å². The molecule has 170 valence electrons. The zero-order valence-corrected chi connectivity index (χ0v) is 23.1. The molecule has 2 heterocycles. The molecule has 2 nitrogen and oxygen atoms in total. The zero-order valence-electron chi connectivity index (χ0n) is 22.3. The Morgan fingerprint density at radius 1 is 0.355 bits per heavy atom. The summed E-state index contributed by atoms with van der Waals surface area (Å²) in [6.45, 7) is 30.0. The molecule has 3 rings (SSSR count). The highest BCUT2D eigenvalue weighted by atomic mass is 32.1. The van der Waals surface area contributed by atoms with E-state index in [1.54, 1.807) is 0 Å². The van der Waals surface area contributed by atoms with Crippen LogP contribution in [0.4, 0.5) is 0 Å². The summed E-state index contributed by atoms with van der Waals surface area (Å²) in [4.78, 5) is 11.4. The van der Waals surface area contributed by atoms with E-state index in [0.29, 0.717) is 0 Å². The van der Waals surface area contributed by atoms with E-state index in [4.69, 9.17) is 0 Å². The summed E-state index contributed by atoms with van der Waals surface area (Å²) in [5.74, 6) is 0.862. The van der Waals surface area contributed by atoms with Crippen LogP contribution in [0, 0.1) is 96.9 Å². The van der Waals surface area contributed by atoms with E-state index in [-0.39, 0.29) is 0 Å². The second kappa shape index (κ2) is 11.0. The van der Waals surface area contributed by atoms with Gasteiger partial charge in [-0.1, -0.05) is 0 Å². The topological polar surface area (TPSA) is 25.8 Å². The molecule has 0 aliphatic heterocycles. The lowest BCUT2D eigenvalue weighted by atomic mass is 9.90. The van der Waals surface area contributed by atoms with Gasteiger partial charge in [-0.15, -0.1) is 11.3 Å². The fourth-order valence-corrected chi connectivity index (χ4v) is 4.61. The van der Waals surface area contributed by atoms with Crippen LogP contribution in [0.3, 0.4) is 0 Å². The van der Waals surface area contributed by atoms with Crippen LogP contribution in [0.1, 0.15) is 77.0 Å². The van der Waals surface area contributed by atoms with Crippen molar-refractivity contribution in [2.75, 3.05) is 0 Å². The molecule has 1 aromatic carbocycles. The summed E-state index contributed by atoms with van der Waals surface area (Å²) < 4.78 is 0. The normalized spacial score (nSPS) is 10.3. The van der Waals surface area contributed by atoms with Crippen molar-refractivity contribution in [3.05, 3.63) is 77.0 Å². The van der Waals surface area contributed by atoms with E-state index in [1.807, 2.05) is 39.0 Å². The van der Waals surface area contributed by atoms with Crippen molar-refractivity contribution >= 4 is 11.3 Å². The molecule has 0 unspecified atom stereocenters. The zero-order chi connectivity index (χ0) is 24.2. The van der Waals surface area contributed by atoms with Gasteiger partial charge in [0.1, 0.15) is 5.82 Å². The monoisotopic (exact) mass is 438 g/mol. The van der Waals surface area contributed by atoms with Crippen LogP contribution in [-0.2, 0) is 0 Å². The largest absolute Gasteiger partial charge is 0.238 e. The smallest absolute Gasteiger partial charge is 0.125 e. The van der Waals surface area contributed by atoms with Crippen LogP contribution in [0.15, 0.2) is 0 Å². The molecule has 0 aliphatic carbocycles. The Kier molecular flexibility index (Phi) is 9.63. The quantitative estimate of drug-likeness (QED) is 0.353. The van der Waals surface area contributed by atoms with Gasteiger partial charge in [-0.25, -0.2) is 9.97 Å². The van der Waals surface area contributed by atoms with Gasteiger partial charge >= 0.3 is 0 Å². The number of benzene rings is 1. The van der Waals surface area contributed by atoms with Crippen LogP contribution in [-0.4, -0.2) is 9.97 Å². The van der Waals surface area contributed by atoms with Crippen LogP contribution in [0.5, 0.6) is 0 Å². The highest BCUT2D eigenvalue weighted by Gasteiger charge is 2.07. The van der Waals surface area contributed by atoms with E-state index in [0.717, 1.165) is 17.2 Å². The maximum Gasteiger partial charge on any atom is 0.125 e. The van der Waals surface area contributed by atoms with Crippen molar-refractivity contribution in [2.24, 2.45) is 0 Å². The Morgan fingerprint density at radius 2 is 0.613 bits per heavy atom. The molecule has 0 aliphatic rings. The Labute approximate surface area is 195 Å². The van der Waals surface area contributed by atoms with Crippen LogP contribution in [0.2, 0.25) is 0 Å². The number of hydrogen-bond acceptors (Lipinski definition) is 3. The molecule has 0 saturated carbocycles. The summed E-state index contributed by atoms with van der Waals surface area (Å²) in [7, 11) is 0. The second-order valence-electron chi connectivity index (χ2n) is 8.78. The molecule has 0 radical (unpaired) electrons. The van der Waals surface area contributed by atoms with Crippen molar-refractivity contribution < 1.29 is 0 Å². The number of hydrogen-bond donors (Lipinski definition) is 0. The Morgan fingerprint density at radius 3 is 0.806 bits per heavy atom. The first-order valence-electron chi connectivity index (χ1n) is 11.1. The first-order chi connectivity index (χ1) is 14.2. The first kappa shape index (κ1) is 27.0. The summed E-state index contributed by atoms with van der Waals surface area (Å²) in [6.07, 6.45) is 0. The third-order valence-corrected chi connectivity index (χ3v) is 8.27. The fraction of sp³-hybridized carbons (Fsp3) is 0.500. The average Bonchev–Trinajstić information content (AvgIpc) is 2.94. The van der Waals surface area contributed by atoms with E-state index >= 15 is 0 Å². The molecular weight excluding hydrogens is 396 g/mol. The van der Waals surface area contributed by atoms with E-state index in [2.05, 4.69) is 79.2 Å². The summed E-state index contributed by atoms with van der Waals surface area (Å²) in [5.41, 5.74) is 15.0. The molecule has 0 fully saturated rings. The second-order valence-corrected chi connectivity index (χ2v) is 10.2. The molecule has 3 heteroatoms. The van der Waals surface area contributed by atoms with Gasteiger partial charge in [-0.2, -0.15) is 0 Å². The maximum atomic E-state index is 4.22. The number of rotatable bonds is 0. The van der Waals surface area contributed by atoms with E-state index in [9.17, 15) is 0 Å². The lowest BCUT2D eigenvalue weighted by molar-refractivity contribution is 0.948. The molecule has 0 saturated heterocycles. The van der Waals surface area contributed by atoms with E-state index < -0.39 is 0 Å². The predicted molar refractivity (Wildman–Crippen MR) is 139 cm³/mol. The molecule has 0 N–H and O–H groups in total. The van der Waals surface area contributed by atoms with Crippen molar-refractivity contribution in [2.45, 2.75) is 96.9 Å². The van der Waals surface area contributed by atoms with Gasteiger partial charge in [0.25, 0.3) is 0 Å². The Hall–Kier alpha value is -2.00. The van der Waals surface area contributed by atoms with Crippen molar-refractivity contribution in [1.82, 2.24) is 9.97 Å². The summed E-state index contributed by atoms with van der Waals surface area (Å²) >= 11 is 1.90. The Bertz CT molecular complexity index is 921. The van der Waals surface area contributed by atoms with Gasteiger partial charge < -0.3 is 0 Å². The standard InChI is InChI=1S/C12H18.C8H12N2.C8H12S/c1-7-8(2)10(4)12(6)11(5)9(7)3;1-5-6(2)9-8(4)10-7(5)3;1-5-6(2)8(4)9-7(5)3/h1-6H3;1-4H3;1-4H3. The molecule has 2 aromatic heterocycles. The predicted octanol–water partition coefficient (Wildman–Crippen LogP) is 8.23. The molecule has 0 amide bonds. The van der Waals surface area contributed by atoms with Gasteiger partial charge in [-0.3, -0.25) is 0 Å². The molecule has 31 heavy (non-hydrogen) atoms. The summed E-state index contributed by atoms with van der Waals surface area (Å²) in [5, 5.41) is 0. The fourth-order valence-electron chi connectivity index (χ4n) is 3.54. The first-order valence-corrected chi connectivity index (χ1v) is 11.9. The molecule has 0 bridgehead atoms. The lowest BCUT2D eigenvalue weighted by Crippen LogP contribution is -1.98. The van der Waals surface area contributed by atoms with E-state index in [1.165, 1.54) is 59.8 Å². The number of aromatic nitrogens is 2. The van der Waals surface area contributed by atoms with Crippen LogP contribution < -0.4 is 0 Å².